The highest BCUT2D eigenvalue weighted by Crippen LogP contribution is 2.29. The minimum atomic E-state index is -0.354. The number of thioether (sulfide) groups is 1. The Morgan fingerprint density at radius 1 is 1.06 bits per heavy atom. The van der Waals surface area contributed by atoms with Crippen molar-refractivity contribution in [1.82, 2.24) is 15.1 Å². The number of carbonyl (C=O) groups excluding carboxylic acids is 2. The molecule has 0 saturated carbocycles. The van der Waals surface area contributed by atoms with Gasteiger partial charge in [0.1, 0.15) is 0 Å². The SMILES string of the molecule is Cc1ccc(CCN2CC(C(=O)Nc3nnc(SCc4ccc(C)cc4)s3)CC2=O)cc1. The number of nitrogens with one attached hydrogen (secondary N) is 1. The van der Waals surface area contributed by atoms with E-state index in [9.17, 15) is 9.59 Å². The van der Waals surface area contributed by atoms with Crippen molar-refractivity contribution in [2.75, 3.05) is 18.4 Å². The summed E-state index contributed by atoms with van der Waals surface area (Å²) in [5.74, 6) is 0.315. The van der Waals surface area contributed by atoms with E-state index < -0.39 is 0 Å². The normalized spacial score (nSPS) is 15.9. The molecule has 32 heavy (non-hydrogen) atoms. The molecule has 0 bridgehead atoms. The Morgan fingerprint density at radius 2 is 1.72 bits per heavy atom. The smallest absolute Gasteiger partial charge is 0.231 e. The van der Waals surface area contributed by atoms with Crippen LogP contribution in [0.4, 0.5) is 5.13 Å². The molecule has 1 aliphatic rings. The van der Waals surface area contributed by atoms with Crippen LogP contribution >= 0.6 is 23.1 Å². The summed E-state index contributed by atoms with van der Waals surface area (Å²) in [6.45, 7) is 5.20. The molecular formula is C24H26N4O2S2. The first-order chi connectivity index (χ1) is 15.5. The van der Waals surface area contributed by atoms with Crippen molar-refractivity contribution < 1.29 is 9.59 Å². The molecule has 1 N–H and O–H groups in total. The van der Waals surface area contributed by atoms with Crippen LogP contribution in [0, 0.1) is 19.8 Å². The molecule has 2 aromatic carbocycles. The van der Waals surface area contributed by atoms with E-state index in [1.807, 2.05) is 0 Å². The van der Waals surface area contributed by atoms with E-state index in [-0.39, 0.29) is 24.2 Å². The van der Waals surface area contributed by atoms with E-state index in [1.165, 1.54) is 33.6 Å². The number of carbonyl (C=O) groups is 2. The van der Waals surface area contributed by atoms with Crippen LogP contribution in [0.3, 0.4) is 0 Å². The van der Waals surface area contributed by atoms with Crippen LogP contribution in [0.15, 0.2) is 52.9 Å². The molecule has 4 rings (SSSR count). The van der Waals surface area contributed by atoms with Crippen molar-refractivity contribution in [3.8, 4) is 0 Å². The Hall–Kier alpha value is -2.71. The lowest BCUT2D eigenvalue weighted by molar-refractivity contribution is -0.128. The van der Waals surface area contributed by atoms with Gasteiger partial charge in [-0.1, -0.05) is 82.8 Å². The lowest BCUT2D eigenvalue weighted by Crippen LogP contribution is -2.30. The second-order valence-corrected chi connectivity index (χ2v) is 10.3. The summed E-state index contributed by atoms with van der Waals surface area (Å²) >= 11 is 2.96. The number of benzene rings is 2. The number of rotatable bonds is 8. The second-order valence-electron chi connectivity index (χ2n) is 8.11. The Balaban J connectivity index is 1.25. The van der Waals surface area contributed by atoms with E-state index in [0.717, 1.165) is 16.5 Å². The third-order valence-corrected chi connectivity index (χ3v) is 7.54. The lowest BCUT2D eigenvalue weighted by Gasteiger charge is -2.16. The zero-order valence-corrected chi connectivity index (χ0v) is 19.8. The van der Waals surface area contributed by atoms with Gasteiger partial charge in [-0.05, 0) is 31.4 Å². The highest BCUT2D eigenvalue weighted by Gasteiger charge is 2.34. The third kappa shape index (κ3) is 5.95. The van der Waals surface area contributed by atoms with Gasteiger partial charge in [-0.2, -0.15) is 0 Å². The van der Waals surface area contributed by atoms with Gasteiger partial charge >= 0.3 is 0 Å². The fraction of sp³-hybridized carbons (Fsp3) is 0.333. The number of anilines is 1. The van der Waals surface area contributed by atoms with E-state index in [0.29, 0.717) is 18.2 Å². The Kier molecular flexibility index (Phi) is 7.22. The molecular weight excluding hydrogens is 440 g/mol. The molecule has 0 spiro atoms. The molecule has 2 heterocycles. The van der Waals surface area contributed by atoms with Gasteiger partial charge < -0.3 is 10.2 Å². The van der Waals surface area contributed by atoms with Gasteiger partial charge in [0.15, 0.2) is 4.34 Å². The van der Waals surface area contributed by atoms with Crippen LogP contribution in [0.1, 0.15) is 28.7 Å². The van der Waals surface area contributed by atoms with Crippen LogP contribution in [0.2, 0.25) is 0 Å². The van der Waals surface area contributed by atoms with E-state index in [4.69, 9.17) is 0 Å². The Bertz CT molecular complexity index is 1080. The number of nitrogens with zero attached hydrogens (tertiary/aromatic N) is 3. The molecule has 8 heteroatoms. The number of aromatic nitrogens is 2. The van der Waals surface area contributed by atoms with E-state index in [1.54, 1.807) is 16.7 Å². The standard InChI is InChI=1S/C24H26N4O2S2/c1-16-3-7-18(8-4-16)11-12-28-14-20(13-21(28)29)22(30)25-23-26-27-24(32-23)31-15-19-9-5-17(2)6-10-19/h3-10,20H,11-15H2,1-2H3,(H,25,26,30). The van der Waals surface area contributed by atoms with Crippen LogP contribution < -0.4 is 5.32 Å². The fourth-order valence-electron chi connectivity index (χ4n) is 3.54. The summed E-state index contributed by atoms with van der Waals surface area (Å²) in [6.07, 6.45) is 1.03. The molecule has 1 aromatic heterocycles. The lowest BCUT2D eigenvalue weighted by atomic mass is 10.1. The van der Waals surface area contributed by atoms with Gasteiger partial charge in [0.25, 0.3) is 0 Å². The van der Waals surface area contributed by atoms with Crippen molar-refractivity contribution >= 4 is 40.0 Å². The van der Waals surface area contributed by atoms with Crippen molar-refractivity contribution in [2.24, 2.45) is 5.92 Å². The largest absolute Gasteiger partial charge is 0.342 e. The molecule has 3 aromatic rings. The van der Waals surface area contributed by atoms with Gasteiger partial charge in [0.05, 0.1) is 5.92 Å². The highest BCUT2D eigenvalue weighted by atomic mass is 32.2. The van der Waals surface area contributed by atoms with E-state index >= 15 is 0 Å². The molecule has 6 nitrogen and oxygen atoms in total. The molecule has 1 unspecified atom stereocenters. The minimum absolute atomic E-state index is 0.0314. The molecule has 1 atom stereocenters. The van der Waals surface area contributed by atoms with E-state index in [2.05, 4.69) is 77.9 Å². The number of amides is 2. The number of hydrogen-bond donors (Lipinski definition) is 1. The molecule has 0 aliphatic carbocycles. The quantitative estimate of drug-likeness (QED) is 0.391. The predicted molar refractivity (Wildman–Crippen MR) is 129 cm³/mol. The van der Waals surface area contributed by atoms with Gasteiger partial charge in [-0.3, -0.25) is 9.59 Å². The molecule has 1 saturated heterocycles. The van der Waals surface area contributed by atoms with Crippen LogP contribution in [0.25, 0.3) is 0 Å². The Labute approximate surface area is 196 Å². The molecule has 1 aliphatic heterocycles. The molecule has 2 amide bonds. The first-order valence-electron chi connectivity index (χ1n) is 10.6. The molecule has 0 radical (unpaired) electrons. The summed E-state index contributed by atoms with van der Waals surface area (Å²) in [7, 11) is 0. The van der Waals surface area contributed by atoms with Crippen molar-refractivity contribution in [1.29, 1.82) is 0 Å². The van der Waals surface area contributed by atoms with Gasteiger partial charge in [-0.15, -0.1) is 10.2 Å². The number of likely N-dealkylation sites (tertiary alicyclic amines) is 1. The molecule has 166 valence electrons. The predicted octanol–water partition coefficient (Wildman–Crippen LogP) is 4.48. The maximum Gasteiger partial charge on any atom is 0.231 e. The van der Waals surface area contributed by atoms with Crippen molar-refractivity contribution in [2.45, 2.75) is 36.8 Å². The monoisotopic (exact) mass is 466 g/mol. The summed E-state index contributed by atoms with van der Waals surface area (Å²) < 4.78 is 0.808. The van der Waals surface area contributed by atoms with Crippen molar-refractivity contribution in [3.63, 3.8) is 0 Å². The summed E-state index contributed by atoms with van der Waals surface area (Å²) in [5.41, 5.74) is 4.87. The first-order valence-corrected chi connectivity index (χ1v) is 12.4. The van der Waals surface area contributed by atoms with Crippen LogP contribution in [-0.2, 0) is 21.8 Å². The zero-order chi connectivity index (χ0) is 22.5. The van der Waals surface area contributed by atoms with Crippen LogP contribution in [-0.4, -0.2) is 40.0 Å². The van der Waals surface area contributed by atoms with Crippen molar-refractivity contribution in [3.05, 3.63) is 70.8 Å². The topological polar surface area (TPSA) is 75.2 Å². The summed E-state index contributed by atoms with van der Waals surface area (Å²) in [4.78, 5) is 26.8. The molecule has 1 fully saturated rings. The maximum absolute atomic E-state index is 12.7. The second kappa shape index (κ2) is 10.3. The zero-order valence-electron chi connectivity index (χ0n) is 18.2. The maximum atomic E-state index is 12.7. The fourth-order valence-corrected chi connectivity index (χ4v) is 5.25. The first kappa shape index (κ1) is 22.5. The summed E-state index contributed by atoms with van der Waals surface area (Å²) in [6, 6.07) is 16.7. The van der Waals surface area contributed by atoms with Gasteiger partial charge in [0, 0.05) is 25.3 Å². The highest BCUT2D eigenvalue weighted by molar-refractivity contribution is 8.00. The minimum Gasteiger partial charge on any atom is -0.342 e. The number of hydrogen-bond acceptors (Lipinski definition) is 6. The third-order valence-electron chi connectivity index (χ3n) is 5.50. The Morgan fingerprint density at radius 3 is 2.41 bits per heavy atom. The average Bonchev–Trinajstić information content (AvgIpc) is 3.39. The van der Waals surface area contributed by atoms with Gasteiger partial charge in [0.2, 0.25) is 16.9 Å². The number of aryl methyl sites for hydroxylation is 2. The summed E-state index contributed by atoms with van der Waals surface area (Å²) in [5, 5.41) is 11.6. The van der Waals surface area contributed by atoms with Crippen LogP contribution in [0.5, 0.6) is 0 Å². The van der Waals surface area contributed by atoms with Gasteiger partial charge in [-0.25, -0.2) is 0 Å². The average molecular weight is 467 g/mol.